The predicted molar refractivity (Wildman–Crippen MR) is 88.1 cm³/mol. The molecule has 3 rings (SSSR count). The Balaban J connectivity index is 2.30. The van der Waals surface area contributed by atoms with E-state index in [0.29, 0.717) is 6.42 Å². The van der Waals surface area contributed by atoms with Crippen molar-refractivity contribution in [3.8, 4) is 0 Å². The maximum absolute atomic E-state index is 14.4. The van der Waals surface area contributed by atoms with Crippen LogP contribution in [0.5, 0.6) is 0 Å². The van der Waals surface area contributed by atoms with Gasteiger partial charge in [-0.15, -0.1) is 0 Å². The van der Waals surface area contributed by atoms with Crippen LogP contribution in [0.15, 0.2) is 36.3 Å². The zero-order valence-electron chi connectivity index (χ0n) is 13.0. The molecule has 0 bridgehead atoms. The Labute approximate surface area is 125 Å². The van der Waals surface area contributed by atoms with Crippen LogP contribution in [0, 0.1) is 6.92 Å². The van der Waals surface area contributed by atoms with Crippen molar-refractivity contribution >= 4 is 16.5 Å². The molecule has 0 N–H and O–H groups in total. The van der Waals surface area contributed by atoms with Gasteiger partial charge >= 0.3 is 0 Å². The lowest BCUT2D eigenvalue weighted by molar-refractivity contribution is 0.635. The van der Waals surface area contributed by atoms with Gasteiger partial charge in [0.2, 0.25) is 0 Å². The average molecular weight is 283 g/mol. The van der Waals surface area contributed by atoms with Crippen molar-refractivity contribution in [2.45, 2.75) is 46.6 Å². The van der Waals surface area contributed by atoms with Gasteiger partial charge in [0.15, 0.2) is 0 Å². The summed E-state index contributed by atoms with van der Waals surface area (Å²) in [6.07, 6.45) is 8.70. The highest BCUT2D eigenvalue weighted by Crippen LogP contribution is 2.37. The lowest BCUT2D eigenvalue weighted by Gasteiger charge is -2.16. The molecule has 2 aromatic rings. The molecule has 2 heterocycles. The second kappa shape index (κ2) is 5.51. The van der Waals surface area contributed by atoms with Gasteiger partial charge in [0.25, 0.3) is 0 Å². The maximum Gasteiger partial charge on any atom is 0.126 e. The number of nitrogens with zero attached hydrogens (tertiary/aromatic N) is 1. The van der Waals surface area contributed by atoms with Gasteiger partial charge in [-0.2, -0.15) is 0 Å². The third-order valence-electron chi connectivity index (χ3n) is 4.38. The number of rotatable bonds is 3. The largest absolute Gasteiger partial charge is 0.347 e. The normalized spacial score (nSPS) is 15.8. The highest BCUT2D eigenvalue weighted by atomic mass is 19.1. The maximum atomic E-state index is 14.4. The first-order valence-electron chi connectivity index (χ1n) is 7.81. The third-order valence-corrected chi connectivity index (χ3v) is 4.38. The molecule has 21 heavy (non-hydrogen) atoms. The van der Waals surface area contributed by atoms with Crippen LogP contribution in [0.4, 0.5) is 4.39 Å². The van der Waals surface area contributed by atoms with Gasteiger partial charge in [0, 0.05) is 29.3 Å². The molecule has 0 radical (unpaired) electrons. The van der Waals surface area contributed by atoms with Gasteiger partial charge < -0.3 is 4.57 Å². The van der Waals surface area contributed by atoms with Crippen molar-refractivity contribution in [3.05, 3.63) is 53.0 Å². The summed E-state index contributed by atoms with van der Waals surface area (Å²) in [5.74, 6) is -0.108. The summed E-state index contributed by atoms with van der Waals surface area (Å²) in [4.78, 5) is 0. The molecule has 0 fully saturated rings. The SMILES string of the molecule is C/C=C(\C(F)=C/CC)c1cn2c3c(ccc(C)c13)CCC2. The minimum atomic E-state index is -0.108. The highest BCUT2D eigenvalue weighted by molar-refractivity contribution is 6.00. The van der Waals surface area contributed by atoms with Gasteiger partial charge in [-0.1, -0.05) is 25.1 Å². The van der Waals surface area contributed by atoms with E-state index in [9.17, 15) is 4.39 Å². The first kappa shape index (κ1) is 14.1. The number of allylic oxidation sites excluding steroid dienone is 4. The number of aryl methyl sites for hydroxylation is 3. The fourth-order valence-corrected chi connectivity index (χ4v) is 3.42. The van der Waals surface area contributed by atoms with Gasteiger partial charge in [-0.25, -0.2) is 4.39 Å². The molecule has 110 valence electrons. The Kier molecular flexibility index (Phi) is 3.71. The molecule has 0 saturated carbocycles. The van der Waals surface area contributed by atoms with Crippen LogP contribution < -0.4 is 0 Å². The Morgan fingerprint density at radius 3 is 2.90 bits per heavy atom. The zero-order chi connectivity index (χ0) is 15.0. The first-order chi connectivity index (χ1) is 10.2. The highest BCUT2D eigenvalue weighted by Gasteiger charge is 2.20. The summed E-state index contributed by atoms with van der Waals surface area (Å²) < 4.78 is 16.7. The van der Waals surface area contributed by atoms with Crippen molar-refractivity contribution in [2.75, 3.05) is 0 Å². The summed E-state index contributed by atoms with van der Waals surface area (Å²) in [5, 5.41) is 1.22. The van der Waals surface area contributed by atoms with Crippen LogP contribution in [-0.4, -0.2) is 4.57 Å². The van der Waals surface area contributed by atoms with Crippen molar-refractivity contribution in [1.29, 1.82) is 0 Å². The minimum absolute atomic E-state index is 0.108. The van der Waals surface area contributed by atoms with E-state index in [2.05, 4.69) is 29.8 Å². The van der Waals surface area contributed by atoms with Gasteiger partial charge in [0.05, 0.1) is 5.52 Å². The predicted octanol–water partition coefficient (Wildman–Crippen LogP) is 5.56. The number of hydrogen-bond acceptors (Lipinski definition) is 0. The fourth-order valence-electron chi connectivity index (χ4n) is 3.42. The summed E-state index contributed by atoms with van der Waals surface area (Å²) in [6.45, 7) is 7.04. The van der Waals surface area contributed by atoms with E-state index in [1.807, 2.05) is 19.9 Å². The minimum Gasteiger partial charge on any atom is -0.347 e. The second-order valence-corrected chi connectivity index (χ2v) is 5.77. The molecule has 0 saturated heterocycles. The molecule has 1 aromatic carbocycles. The Bertz CT molecular complexity index is 747. The monoisotopic (exact) mass is 283 g/mol. The number of halogens is 1. The van der Waals surface area contributed by atoms with E-state index in [0.717, 1.165) is 30.5 Å². The molecule has 0 spiro atoms. The van der Waals surface area contributed by atoms with Crippen LogP contribution in [-0.2, 0) is 13.0 Å². The smallest absolute Gasteiger partial charge is 0.126 e. The zero-order valence-corrected chi connectivity index (χ0v) is 13.0. The topological polar surface area (TPSA) is 4.93 Å². The Morgan fingerprint density at radius 1 is 1.38 bits per heavy atom. The quantitative estimate of drug-likeness (QED) is 0.650. The summed E-state index contributed by atoms with van der Waals surface area (Å²) >= 11 is 0. The van der Waals surface area contributed by atoms with Crippen molar-refractivity contribution < 1.29 is 4.39 Å². The van der Waals surface area contributed by atoms with E-state index in [1.54, 1.807) is 6.08 Å². The van der Waals surface area contributed by atoms with E-state index in [4.69, 9.17) is 0 Å². The first-order valence-corrected chi connectivity index (χ1v) is 7.81. The molecule has 0 unspecified atom stereocenters. The fraction of sp³-hybridized carbons (Fsp3) is 0.368. The number of aromatic nitrogens is 1. The van der Waals surface area contributed by atoms with Crippen LogP contribution >= 0.6 is 0 Å². The summed E-state index contributed by atoms with van der Waals surface area (Å²) in [5.41, 5.74) is 5.69. The lowest BCUT2D eigenvalue weighted by atomic mass is 9.96. The molecule has 1 aromatic heterocycles. The molecule has 0 aliphatic carbocycles. The molecule has 1 aliphatic rings. The molecule has 0 atom stereocenters. The van der Waals surface area contributed by atoms with E-state index >= 15 is 0 Å². The second-order valence-electron chi connectivity index (χ2n) is 5.77. The molecule has 1 aliphatic heterocycles. The van der Waals surface area contributed by atoms with Crippen molar-refractivity contribution in [3.63, 3.8) is 0 Å². The summed E-state index contributed by atoms with van der Waals surface area (Å²) in [7, 11) is 0. The molecular formula is C19H22FN. The van der Waals surface area contributed by atoms with Crippen molar-refractivity contribution in [2.24, 2.45) is 0 Å². The van der Waals surface area contributed by atoms with Crippen molar-refractivity contribution in [1.82, 2.24) is 4.57 Å². The van der Waals surface area contributed by atoms with Crippen LogP contribution in [0.25, 0.3) is 16.5 Å². The standard InChI is InChI=1S/C19H22FN/c1-4-7-17(20)15(5-2)16-12-21-11-6-8-14-10-9-13(3)18(16)19(14)21/h5,7,9-10,12H,4,6,8,11H2,1-3H3/b15-5-,17-7+. The number of hydrogen-bond donors (Lipinski definition) is 0. The molecular weight excluding hydrogens is 261 g/mol. The van der Waals surface area contributed by atoms with Crippen LogP contribution in [0.2, 0.25) is 0 Å². The van der Waals surface area contributed by atoms with Gasteiger partial charge in [-0.05, 0) is 50.3 Å². The van der Waals surface area contributed by atoms with E-state index < -0.39 is 0 Å². The Hall–Kier alpha value is -1.83. The molecule has 0 amide bonds. The number of benzene rings is 1. The summed E-state index contributed by atoms with van der Waals surface area (Å²) in [6, 6.07) is 4.40. The van der Waals surface area contributed by atoms with Crippen LogP contribution in [0.3, 0.4) is 0 Å². The third kappa shape index (κ3) is 2.23. The van der Waals surface area contributed by atoms with Gasteiger partial charge in [0.1, 0.15) is 5.83 Å². The van der Waals surface area contributed by atoms with Crippen LogP contribution in [0.1, 0.15) is 43.4 Å². The lowest BCUT2D eigenvalue weighted by Crippen LogP contribution is -2.06. The van der Waals surface area contributed by atoms with E-state index in [-0.39, 0.29) is 5.83 Å². The van der Waals surface area contributed by atoms with Gasteiger partial charge in [-0.3, -0.25) is 0 Å². The molecule has 1 nitrogen and oxygen atoms in total. The average Bonchev–Trinajstić information content (AvgIpc) is 2.85. The Morgan fingerprint density at radius 2 is 2.19 bits per heavy atom. The van der Waals surface area contributed by atoms with E-state index in [1.165, 1.54) is 22.0 Å². The molecule has 2 heteroatoms.